The van der Waals surface area contributed by atoms with E-state index in [-0.39, 0.29) is 94.0 Å². The Labute approximate surface area is 691 Å². The first-order valence-electron chi connectivity index (χ1n) is 39.4. The summed E-state index contributed by atoms with van der Waals surface area (Å²) in [4.78, 5) is 109. The maximum Gasteiger partial charge on any atom is 0.314 e. The first-order chi connectivity index (χ1) is 52.6. The van der Waals surface area contributed by atoms with E-state index in [2.05, 4.69) is 131 Å². The third-order valence-corrected chi connectivity index (χ3v) is 25.6. The number of hydrogen-bond acceptors (Lipinski definition) is 12. The summed E-state index contributed by atoms with van der Waals surface area (Å²) in [6.45, 7) is 33.8. The van der Waals surface area contributed by atoms with E-state index >= 15 is 0 Å². The van der Waals surface area contributed by atoms with Crippen LogP contribution in [0.1, 0.15) is 186 Å². The number of urea groups is 1. The number of nitrogens with zero attached hydrogens (tertiary/aromatic N) is 12. The van der Waals surface area contributed by atoms with E-state index in [1.807, 2.05) is 119 Å². The van der Waals surface area contributed by atoms with Gasteiger partial charge in [0, 0.05) is 177 Å². The normalized spacial score (nSPS) is 20.6. The number of hydrogen-bond donors (Lipinski definition) is 1. The molecule has 600 valence electrons. The standard InChI is InChI=1S/C29H38BrClN4O2.C29H38Cl2N4O2.C28H37Cl2N5O2/c1-20(36)33-13-11-21(12-14-33)17-27(37)35-16-15-34(19-26(35)29(2,3)4)28(22-5-8-24(31)9-6-22)25-10-7-23(30)18-32-25;1-20(36)33-13-10-21(11-14-33)17-27(37)35-16-15-34(19-26(35)29(2,3)4)28(25-7-5-6-12-32-25)22-8-9-23(30)24(31)18-22;1-28(2,3)24-18-34(14-15-35(24)25(36)16-19-9-12-33(13-10-19)27(31)37)26(23-6-4-5-11-32-23)20-7-8-21(29)22(30)17-20/h5-10,18,21,26,28H,11-17,19H2,1-4H3;5-9,12,18,21,26,28H,10-11,13-17,19H2,1-4H3;4-8,11,17,19,24,26H,9-10,12-16,18H2,1-3H3,(H2,31,37)/t2*26-,28?;24-,26?/m111/s1. The van der Waals surface area contributed by atoms with Crippen molar-refractivity contribution in [3.8, 4) is 0 Å². The Morgan fingerprint density at radius 2 is 0.748 bits per heavy atom. The summed E-state index contributed by atoms with van der Waals surface area (Å²) < 4.78 is 0.947. The van der Waals surface area contributed by atoms with Gasteiger partial charge in [-0.15, -0.1) is 0 Å². The molecule has 0 saturated carbocycles. The van der Waals surface area contributed by atoms with Crippen LogP contribution in [0.5, 0.6) is 0 Å². The van der Waals surface area contributed by atoms with Crippen molar-refractivity contribution in [2.45, 2.75) is 170 Å². The van der Waals surface area contributed by atoms with Crippen LogP contribution >= 0.6 is 73.9 Å². The quantitative estimate of drug-likeness (QED) is 0.102. The van der Waals surface area contributed by atoms with Crippen LogP contribution in [0.25, 0.3) is 0 Å². The summed E-state index contributed by atoms with van der Waals surface area (Å²) in [5, 5.41) is 2.81. The molecule has 6 aliphatic rings. The Balaban J connectivity index is 0.000000177. The smallest absolute Gasteiger partial charge is 0.314 e. The molecule has 12 rings (SSSR count). The third kappa shape index (κ3) is 23.2. The van der Waals surface area contributed by atoms with Crippen LogP contribution in [0.2, 0.25) is 25.1 Å². The van der Waals surface area contributed by atoms with Gasteiger partial charge in [-0.3, -0.25) is 53.6 Å². The second-order valence-corrected chi connectivity index (χ2v) is 37.2. The van der Waals surface area contributed by atoms with Gasteiger partial charge in [-0.1, -0.05) is 157 Å². The van der Waals surface area contributed by atoms with Crippen LogP contribution < -0.4 is 5.73 Å². The molecule has 3 aromatic carbocycles. The summed E-state index contributed by atoms with van der Waals surface area (Å²) in [6, 6.07) is 35.2. The highest BCUT2D eigenvalue weighted by atomic mass is 79.9. The minimum Gasteiger partial charge on any atom is -0.351 e. The van der Waals surface area contributed by atoms with Gasteiger partial charge in [0.15, 0.2) is 0 Å². The minimum absolute atomic E-state index is 0.0247. The molecule has 6 aliphatic heterocycles. The van der Waals surface area contributed by atoms with Crippen molar-refractivity contribution in [3.05, 3.63) is 191 Å². The zero-order chi connectivity index (χ0) is 80.2. The summed E-state index contributed by atoms with van der Waals surface area (Å²) in [5.74, 6) is 1.87. The molecule has 7 amide bonds. The van der Waals surface area contributed by atoms with Gasteiger partial charge < -0.3 is 35.1 Å². The fraction of sp³-hybridized carbons (Fsp3) is 0.547. The molecule has 6 aromatic rings. The number of carbonyl (C=O) groups is 6. The predicted molar refractivity (Wildman–Crippen MR) is 448 cm³/mol. The van der Waals surface area contributed by atoms with Gasteiger partial charge in [0.1, 0.15) is 0 Å². The lowest BCUT2D eigenvalue weighted by Gasteiger charge is -2.49. The number of piperidine rings is 3. The number of carbonyl (C=O) groups excluding carboxylic acids is 6. The third-order valence-electron chi connectivity index (χ3n) is 23.4. The molecule has 0 bridgehead atoms. The lowest BCUT2D eigenvalue weighted by molar-refractivity contribution is -0.142. The second kappa shape index (κ2) is 38.8. The van der Waals surface area contributed by atoms with E-state index < -0.39 is 0 Å². The largest absolute Gasteiger partial charge is 0.351 e. The molecule has 6 atom stereocenters. The van der Waals surface area contributed by atoms with Crippen molar-refractivity contribution in [3.63, 3.8) is 0 Å². The molecule has 6 fully saturated rings. The van der Waals surface area contributed by atoms with E-state index in [1.54, 1.807) is 18.7 Å². The molecule has 9 heterocycles. The number of benzene rings is 3. The summed E-state index contributed by atoms with van der Waals surface area (Å²) in [7, 11) is 0. The van der Waals surface area contributed by atoms with E-state index in [4.69, 9.17) is 73.7 Å². The number of likely N-dealkylation sites (tertiary alicyclic amines) is 3. The molecule has 0 radical (unpaired) electrons. The lowest BCUT2D eigenvalue weighted by Crippen LogP contribution is -2.60. The Kier molecular flexibility index (Phi) is 30.4. The number of halogens is 6. The summed E-state index contributed by atoms with van der Waals surface area (Å²) in [6.07, 6.45) is 12.3. The van der Waals surface area contributed by atoms with Crippen molar-refractivity contribution in [1.82, 2.24) is 59.1 Å². The lowest BCUT2D eigenvalue weighted by atomic mass is 9.82. The maximum atomic E-state index is 13.6. The van der Waals surface area contributed by atoms with Gasteiger partial charge in [0.2, 0.25) is 29.5 Å². The zero-order valence-corrected chi connectivity index (χ0v) is 71.8. The first kappa shape index (κ1) is 86.9. The summed E-state index contributed by atoms with van der Waals surface area (Å²) >= 11 is 35.0. The van der Waals surface area contributed by atoms with E-state index in [0.29, 0.717) is 88.9 Å². The molecular formula is C86H113BrCl5N13O6. The Morgan fingerprint density at radius 3 is 1.05 bits per heavy atom. The Bertz CT molecular complexity index is 3890. The molecule has 2 N–H and O–H groups in total. The van der Waals surface area contributed by atoms with Crippen LogP contribution in [0.4, 0.5) is 4.79 Å². The minimum atomic E-state index is -0.377. The number of aromatic nitrogens is 3. The van der Waals surface area contributed by atoms with E-state index in [0.717, 1.165) is 142 Å². The number of primary amides is 1. The molecular weight excluding hydrogens is 1570 g/mol. The number of piperazine rings is 3. The SMILES string of the molecule is CC(=O)N1CCC(CC(=O)N2CCN(C(c3ccc(Cl)c(Cl)c3)c3ccccn3)C[C@@H]2C(C)(C)C)CC1.CC(=O)N1CCC(CC(=O)N2CCN(C(c3ccc(Cl)cc3)c3ccc(Br)cn3)C[C@@H]2C(C)(C)C)CC1.CC(C)(C)[C@H]1CN(C(c2ccc(Cl)c(Cl)c2)c2ccccn2)CCN1C(=O)CC1CCN(C(N)=O)CC1. The fourth-order valence-corrected chi connectivity index (χ4v) is 17.9. The molecule has 0 aliphatic carbocycles. The average molecular weight is 1680 g/mol. The molecule has 6 saturated heterocycles. The number of amides is 7. The van der Waals surface area contributed by atoms with Gasteiger partial charge in [-0.25, -0.2) is 4.79 Å². The van der Waals surface area contributed by atoms with Gasteiger partial charge in [0.05, 0.1) is 55.3 Å². The average Bonchev–Trinajstić information content (AvgIpc) is 0.786. The highest BCUT2D eigenvalue weighted by Gasteiger charge is 2.45. The number of pyridine rings is 3. The van der Waals surface area contributed by atoms with Crippen molar-refractivity contribution in [2.75, 3.05) is 98.2 Å². The van der Waals surface area contributed by atoms with Crippen LogP contribution in [0.3, 0.4) is 0 Å². The fourth-order valence-electron chi connectivity index (χ4n) is 16.9. The Morgan fingerprint density at radius 1 is 0.414 bits per heavy atom. The molecule has 19 nitrogen and oxygen atoms in total. The molecule has 0 spiro atoms. The summed E-state index contributed by atoms with van der Waals surface area (Å²) in [5.41, 5.74) is 11.2. The van der Waals surface area contributed by atoms with E-state index in [1.165, 1.54) is 0 Å². The highest BCUT2D eigenvalue weighted by Crippen LogP contribution is 2.42. The number of nitrogens with two attached hydrogens (primary N) is 1. The molecule has 111 heavy (non-hydrogen) atoms. The monoisotopic (exact) mass is 1680 g/mol. The van der Waals surface area contributed by atoms with Gasteiger partial charge in [-0.2, -0.15) is 0 Å². The maximum absolute atomic E-state index is 13.6. The molecule has 25 heteroatoms. The zero-order valence-electron chi connectivity index (χ0n) is 66.5. The molecule has 3 aromatic heterocycles. The van der Waals surface area contributed by atoms with Crippen LogP contribution in [0, 0.1) is 34.0 Å². The Hall–Kier alpha value is -6.46. The van der Waals surface area contributed by atoms with Gasteiger partial charge in [0.25, 0.3) is 0 Å². The highest BCUT2D eigenvalue weighted by molar-refractivity contribution is 9.10. The number of rotatable bonds is 15. The second-order valence-electron chi connectivity index (χ2n) is 34.2. The van der Waals surface area contributed by atoms with Crippen molar-refractivity contribution in [2.24, 2.45) is 39.7 Å². The topological polar surface area (TPSA) is 196 Å². The van der Waals surface area contributed by atoms with Crippen molar-refractivity contribution in [1.29, 1.82) is 0 Å². The van der Waals surface area contributed by atoms with E-state index in [9.17, 15) is 28.8 Å². The van der Waals surface area contributed by atoms with Crippen molar-refractivity contribution >= 4 is 110 Å². The first-order valence-corrected chi connectivity index (χ1v) is 42.0. The predicted octanol–water partition coefficient (Wildman–Crippen LogP) is 16.7. The van der Waals surface area contributed by atoms with Crippen LogP contribution in [-0.2, 0) is 24.0 Å². The van der Waals surface area contributed by atoms with Crippen molar-refractivity contribution < 1.29 is 28.8 Å². The van der Waals surface area contributed by atoms with Crippen LogP contribution in [0.15, 0.2) is 132 Å². The van der Waals surface area contributed by atoms with Gasteiger partial charge in [-0.05, 0) is 178 Å². The van der Waals surface area contributed by atoms with Crippen LogP contribution in [-0.4, -0.2) is 211 Å². The van der Waals surface area contributed by atoms with Gasteiger partial charge >= 0.3 is 6.03 Å². The molecule has 3 unspecified atom stereocenters.